The molecule has 2 nitrogen and oxygen atoms in total. The predicted molar refractivity (Wildman–Crippen MR) is 339 cm³/mol. The fourth-order valence-corrected chi connectivity index (χ4v) is 13.8. The molecule has 4 aromatic heterocycles. The lowest BCUT2D eigenvalue weighted by atomic mass is 9.87. The molecule has 0 aliphatic rings. The maximum Gasteiger partial charge on any atom is 0.0634 e. The Balaban J connectivity index is 1.04. The molecule has 0 spiro atoms. The first kappa shape index (κ1) is 44.6. The SMILES string of the molecule is c1ccc(-c2ccc3c4c5c6ccc(-c7c(-c8ccccc8)cccc7-c7ccccc7)cc6n6c7cc(-c8ccccc8)ccc7c(c7c8ccc(-c9c(-c%10ccccc%10)cccc9-c9ccccc9)cc8n(c3c2)c47)c56)cc1. The van der Waals surface area contributed by atoms with Crippen molar-refractivity contribution in [3.05, 3.63) is 291 Å². The minimum absolute atomic E-state index is 1.19. The van der Waals surface area contributed by atoms with Crippen molar-refractivity contribution in [3.8, 4) is 89.0 Å². The highest BCUT2D eigenvalue weighted by molar-refractivity contribution is 6.45. The lowest BCUT2D eigenvalue weighted by Gasteiger charge is -2.17. The summed E-state index contributed by atoms with van der Waals surface area (Å²) in [6.07, 6.45) is 0. The van der Waals surface area contributed by atoms with Crippen LogP contribution in [0.3, 0.4) is 0 Å². The van der Waals surface area contributed by atoms with E-state index in [1.807, 2.05) is 0 Å². The summed E-state index contributed by atoms with van der Waals surface area (Å²) in [5.41, 5.74) is 26.6. The van der Waals surface area contributed by atoms with Crippen molar-refractivity contribution in [2.24, 2.45) is 0 Å². The van der Waals surface area contributed by atoms with Gasteiger partial charge in [-0.3, -0.25) is 0 Å². The smallest absolute Gasteiger partial charge is 0.0634 e. The first-order valence-corrected chi connectivity index (χ1v) is 27.7. The monoisotopic (exact) mass is 1010 g/mol. The van der Waals surface area contributed by atoms with Crippen LogP contribution in [0, 0.1) is 0 Å². The Morgan fingerprint density at radius 2 is 0.412 bits per heavy atom. The Bertz CT molecular complexity index is 4780. The molecular formula is C78H48N2. The number of aromatic nitrogens is 2. The van der Waals surface area contributed by atoms with Crippen LogP contribution in [0.1, 0.15) is 0 Å². The van der Waals surface area contributed by atoms with Crippen molar-refractivity contribution in [3.63, 3.8) is 0 Å². The van der Waals surface area contributed by atoms with Crippen LogP contribution >= 0.6 is 0 Å². The van der Waals surface area contributed by atoms with Gasteiger partial charge in [-0.2, -0.15) is 0 Å². The second kappa shape index (κ2) is 17.5. The molecule has 0 N–H and O–H groups in total. The van der Waals surface area contributed by atoms with Crippen LogP contribution in [0.4, 0.5) is 0 Å². The fraction of sp³-hybridized carbons (Fsp3) is 0. The number of hydrogen-bond acceptors (Lipinski definition) is 0. The molecule has 0 unspecified atom stereocenters. The van der Waals surface area contributed by atoms with Crippen molar-refractivity contribution in [2.75, 3.05) is 0 Å². The number of nitrogens with zero attached hydrogens (tertiary/aromatic N) is 2. The van der Waals surface area contributed by atoms with E-state index in [1.54, 1.807) is 0 Å². The third-order valence-corrected chi connectivity index (χ3v) is 17.2. The van der Waals surface area contributed by atoms with Gasteiger partial charge in [0, 0.05) is 43.1 Å². The molecule has 17 rings (SSSR count). The van der Waals surface area contributed by atoms with Crippen LogP contribution in [0.15, 0.2) is 291 Å². The van der Waals surface area contributed by atoms with Gasteiger partial charge in [-0.05, 0) is 113 Å². The van der Waals surface area contributed by atoms with Gasteiger partial charge in [-0.25, -0.2) is 0 Å². The molecule has 0 saturated heterocycles. The van der Waals surface area contributed by atoms with E-state index >= 15 is 0 Å². The summed E-state index contributed by atoms with van der Waals surface area (Å²) >= 11 is 0. The van der Waals surface area contributed by atoms with Gasteiger partial charge in [0.05, 0.1) is 33.1 Å². The van der Waals surface area contributed by atoms with Crippen LogP contribution in [0.25, 0.3) is 165 Å². The van der Waals surface area contributed by atoms with Crippen molar-refractivity contribution in [1.82, 2.24) is 8.80 Å². The van der Waals surface area contributed by atoms with E-state index in [2.05, 4.69) is 300 Å². The van der Waals surface area contributed by atoms with E-state index in [0.717, 1.165) is 0 Å². The maximum absolute atomic E-state index is 2.63. The van der Waals surface area contributed by atoms with Gasteiger partial charge >= 0.3 is 0 Å². The van der Waals surface area contributed by atoms with E-state index in [1.165, 1.54) is 165 Å². The first-order valence-electron chi connectivity index (χ1n) is 27.7. The van der Waals surface area contributed by atoms with Crippen LogP contribution in [-0.2, 0) is 0 Å². The van der Waals surface area contributed by atoms with E-state index < -0.39 is 0 Å². The van der Waals surface area contributed by atoms with Gasteiger partial charge in [0.25, 0.3) is 0 Å². The van der Waals surface area contributed by atoms with Crippen molar-refractivity contribution in [1.29, 1.82) is 0 Å². The lowest BCUT2D eigenvalue weighted by Crippen LogP contribution is -1.91. The van der Waals surface area contributed by atoms with Gasteiger partial charge in [-0.15, -0.1) is 0 Å². The standard InChI is InChI=1S/C78H48N2/c1-7-21-49(22-8-1)55-37-41-63-67(45-55)79-69-47-57(71-59(51-25-11-3-12-26-51)33-19-34-60(71)52-27-13-4-14-28-52)39-43-65(69)76-74-64-42-38-56(50-23-9-2-10-24-50)46-68(64)80-70-48-58(40-44-66(70)75(78(74)80)73(63)77(76)79)72-61(53-29-15-5-16-30-53)35-20-36-62(72)54-31-17-6-18-32-54/h1-48H. The molecule has 0 atom stereocenters. The van der Waals surface area contributed by atoms with Gasteiger partial charge in [0.1, 0.15) is 0 Å². The molecule has 0 bridgehead atoms. The highest BCUT2D eigenvalue weighted by atomic mass is 14.9. The Morgan fingerprint density at radius 1 is 0.175 bits per heavy atom. The Morgan fingerprint density at radius 3 is 0.688 bits per heavy atom. The summed E-state index contributed by atoms with van der Waals surface area (Å²) in [5, 5.41) is 10.2. The zero-order valence-corrected chi connectivity index (χ0v) is 43.6. The fourth-order valence-electron chi connectivity index (χ4n) is 13.8. The van der Waals surface area contributed by atoms with Crippen molar-refractivity contribution < 1.29 is 0 Å². The van der Waals surface area contributed by atoms with Gasteiger partial charge in [-0.1, -0.05) is 267 Å². The molecule has 370 valence electrons. The molecule has 17 aromatic rings. The third-order valence-electron chi connectivity index (χ3n) is 17.2. The number of rotatable bonds is 8. The molecule has 0 aliphatic carbocycles. The third kappa shape index (κ3) is 6.54. The summed E-state index contributed by atoms with van der Waals surface area (Å²) in [6, 6.07) is 108. The molecule has 0 radical (unpaired) electrons. The highest BCUT2D eigenvalue weighted by Gasteiger charge is 2.30. The average Bonchev–Trinajstić information content (AvgIpc) is 4.13. The Kier molecular flexibility index (Phi) is 9.75. The topological polar surface area (TPSA) is 8.82 Å². The number of fused-ring (bicyclic) bond motifs is 14. The second-order valence-corrected chi connectivity index (χ2v) is 21.4. The summed E-state index contributed by atoms with van der Waals surface area (Å²) in [6.45, 7) is 0. The van der Waals surface area contributed by atoms with Gasteiger partial charge in [0.15, 0.2) is 0 Å². The molecule has 13 aromatic carbocycles. The van der Waals surface area contributed by atoms with Crippen molar-refractivity contribution in [2.45, 2.75) is 0 Å². The molecule has 2 heteroatoms. The highest BCUT2D eigenvalue weighted by Crippen LogP contribution is 2.54. The molecule has 0 amide bonds. The lowest BCUT2D eigenvalue weighted by molar-refractivity contribution is 1.37. The molecule has 0 fully saturated rings. The number of benzene rings is 13. The predicted octanol–water partition coefficient (Wildman–Crippen LogP) is 21.3. The zero-order chi connectivity index (χ0) is 52.4. The van der Waals surface area contributed by atoms with Crippen LogP contribution in [0.2, 0.25) is 0 Å². The van der Waals surface area contributed by atoms with Crippen LogP contribution < -0.4 is 0 Å². The van der Waals surface area contributed by atoms with E-state index in [0.29, 0.717) is 0 Å². The van der Waals surface area contributed by atoms with E-state index in [-0.39, 0.29) is 0 Å². The number of hydrogen-bond donors (Lipinski definition) is 0. The molecule has 4 heterocycles. The minimum atomic E-state index is 1.19. The molecule has 0 saturated carbocycles. The second-order valence-electron chi connectivity index (χ2n) is 21.4. The zero-order valence-electron chi connectivity index (χ0n) is 43.6. The summed E-state index contributed by atoms with van der Waals surface area (Å²) in [7, 11) is 0. The summed E-state index contributed by atoms with van der Waals surface area (Å²) < 4.78 is 5.26. The maximum atomic E-state index is 2.63. The quantitative estimate of drug-likeness (QED) is 0.143. The van der Waals surface area contributed by atoms with Gasteiger partial charge < -0.3 is 8.80 Å². The average molecular weight is 1010 g/mol. The van der Waals surface area contributed by atoms with Crippen molar-refractivity contribution >= 4 is 76.2 Å². The summed E-state index contributed by atoms with van der Waals surface area (Å²) in [5.74, 6) is 0. The van der Waals surface area contributed by atoms with Crippen LogP contribution in [-0.4, -0.2) is 8.80 Å². The molecule has 80 heavy (non-hydrogen) atoms. The first-order chi connectivity index (χ1) is 39.7. The molecule has 0 aliphatic heterocycles. The van der Waals surface area contributed by atoms with E-state index in [9.17, 15) is 0 Å². The molecular weight excluding hydrogens is 965 g/mol. The summed E-state index contributed by atoms with van der Waals surface area (Å²) in [4.78, 5) is 0. The minimum Gasteiger partial charge on any atom is -0.308 e. The largest absolute Gasteiger partial charge is 0.308 e. The Labute approximate surface area is 462 Å². The van der Waals surface area contributed by atoms with E-state index in [4.69, 9.17) is 0 Å². The van der Waals surface area contributed by atoms with Gasteiger partial charge in [0.2, 0.25) is 0 Å². The van der Waals surface area contributed by atoms with Crippen LogP contribution in [0.5, 0.6) is 0 Å². The Hall–Kier alpha value is -10.5. The normalized spacial score (nSPS) is 12.0.